The lowest BCUT2D eigenvalue weighted by Gasteiger charge is -1.99. The molecule has 68 valence electrons. The molecule has 2 aromatic rings. The Kier molecular flexibility index (Phi) is 2.06. The van der Waals surface area contributed by atoms with Crippen LogP contribution in [0.4, 0.5) is 0 Å². The number of hydrogen-bond acceptors (Lipinski definition) is 1. The number of nitrogens with zero attached hydrogens (tertiary/aromatic N) is 2. The van der Waals surface area contributed by atoms with Crippen LogP contribution < -0.4 is 0 Å². The molecule has 0 aliphatic carbocycles. The van der Waals surface area contributed by atoms with Crippen molar-refractivity contribution in [3.8, 4) is 0 Å². The van der Waals surface area contributed by atoms with E-state index in [1.807, 2.05) is 6.92 Å². The topological polar surface area (TPSA) is 17.8 Å². The molecule has 0 aliphatic heterocycles. The average molecular weight is 286 g/mol. The molecule has 0 spiro atoms. The molecule has 1 heterocycles. The van der Waals surface area contributed by atoms with Crippen molar-refractivity contribution in [3.63, 3.8) is 0 Å². The first-order valence-electron chi connectivity index (χ1n) is 4.19. The minimum atomic E-state index is 1.07. The number of halogens is 1. The quantitative estimate of drug-likeness (QED) is 0.681. The van der Waals surface area contributed by atoms with Gasteiger partial charge in [0.2, 0.25) is 0 Å². The van der Waals surface area contributed by atoms with Gasteiger partial charge in [-0.15, -0.1) is 0 Å². The Balaban J connectivity index is 2.94. The monoisotopic (exact) mass is 286 g/mol. The summed E-state index contributed by atoms with van der Waals surface area (Å²) in [5, 5.41) is 0. The van der Waals surface area contributed by atoms with Crippen LogP contribution >= 0.6 is 22.6 Å². The number of aryl methyl sites for hydroxylation is 3. The Bertz CT molecular complexity index is 471. The number of fused-ring (bicyclic) bond motifs is 1. The summed E-state index contributed by atoms with van der Waals surface area (Å²) >= 11 is 2.36. The Hall–Kier alpha value is -0.580. The molecule has 2 nitrogen and oxygen atoms in total. The van der Waals surface area contributed by atoms with Crippen LogP contribution in [0.2, 0.25) is 0 Å². The summed E-state index contributed by atoms with van der Waals surface area (Å²) in [4.78, 5) is 4.53. The van der Waals surface area contributed by atoms with E-state index in [0.29, 0.717) is 0 Å². The first-order valence-corrected chi connectivity index (χ1v) is 5.27. The molecule has 13 heavy (non-hydrogen) atoms. The zero-order chi connectivity index (χ0) is 9.59. The van der Waals surface area contributed by atoms with E-state index in [4.69, 9.17) is 0 Å². The number of rotatable bonds is 0. The Morgan fingerprint density at radius 1 is 1.31 bits per heavy atom. The smallest absolute Gasteiger partial charge is 0.106 e. The Labute approximate surface area is 91.1 Å². The van der Waals surface area contributed by atoms with Crippen molar-refractivity contribution in [3.05, 3.63) is 27.1 Å². The second-order valence-electron chi connectivity index (χ2n) is 3.28. The maximum Gasteiger partial charge on any atom is 0.106 e. The molecule has 0 aliphatic rings. The molecule has 0 atom stereocenters. The van der Waals surface area contributed by atoms with Crippen LogP contribution in [0.1, 0.15) is 11.4 Å². The van der Waals surface area contributed by atoms with E-state index in [2.05, 4.69) is 58.2 Å². The van der Waals surface area contributed by atoms with Gasteiger partial charge in [0.15, 0.2) is 0 Å². The molecule has 1 aromatic heterocycles. The van der Waals surface area contributed by atoms with Gasteiger partial charge in [-0.3, -0.25) is 0 Å². The van der Waals surface area contributed by atoms with Gasteiger partial charge >= 0.3 is 0 Å². The lowest BCUT2D eigenvalue weighted by atomic mass is 10.2. The van der Waals surface area contributed by atoms with E-state index < -0.39 is 0 Å². The van der Waals surface area contributed by atoms with Crippen LogP contribution in [0.15, 0.2) is 12.1 Å². The fourth-order valence-corrected chi connectivity index (χ4v) is 2.02. The molecule has 0 bridgehead atoms. The van der Waals surface area contributed by atoms with Crippen LogP contribution in [-0.2, 0) is 7.05 Å². The van der Waals surface area contributed by atoms with Gasteiger partial charge in [-0.25, -0.2) is 4.98 Å². The SMILES string of the molecule is Cc1ccc2c(nc(C)n2C)c1I. The summed E-state index contributed by atoms with van der Waals surface area (Å²) in [6, 6.07) is 4.28. The highest BCUT2D eigenvalue weighted by Gasteiger charge is 2.08. The first kappa shape index (κ1) is 8.99. The molecule has 3 heteroatoms. The van der Waals surface area contributed by atoms with Crippen molar-refractivity contribution >= 4 is 33.6 Å². The van der Waals surface area contributed by atoms with Crippen molar-refractivity contribution in [2.24, 2.45) is 7.05 Å². The van der Waals surface area contributed by atoms with Crippen molar-refractivity contribution < 1.29 is 0 Å². The lowest BCUT2D eigenvalue weighted by Crippen LogP contribution is -1.90. The molecule has 2 rings (SSSR count). The normalized spacial score (nSPS) is 11.1. The van der Waals surface area contributed by atoms with Gasteiger partial charge in [0.05, 0.1) is 5.52 Å². The molecule has 1 aromatic carbocycles. The molecule has 0 saturated carbocycles. The van der Waals surface area contributed by atoms with Gasteiger partial charge in [0, 0.05) is 10.6 Å². The summed E-state index contributed by atoms with van der Waals surface area (Å²) in [5.74, 6) is 1.07. The van der Waals surface area contributed by atoms with Crippen LogP contribution in [0.5, 0.6) is 0 Å². The summed E-state index contributed by atoms with van der Waals surface area (Å²) in [5.41, 5.74) is 3.64. The number of benzene rings is 1. The maximum atomic E-state index is 4.53. The van der Waals surface area contributed by atoms with Gasteiger partial charge in [0.25, 0.3) is 0 Å². The summed E-state index contributed by atoms with van der Waals surface area (Å²) in [7, 11) is 2.05. The van der Waals surface area contributed by atoms with E-state index in [1.165, 1.54) is 14.7 Å². The lowest BCUT2D eigenvalue weighted by molar-refractivity contribution is 0.886. The molecule has 0 amide bonds. The van der Waals surface area contributed by atoms with Crippen LogP contribution in [0.3, 0.4) is 0 Å². The molecular weight excluding hydrogens is 275 g/mol. The largest absolute Gasteiger partial charge is 0.331 e. The van der Waals surface area contributed by atoms with Gasteiger partial charge in [-0.1, -0.05) is 6.07 Å². The molecule has 0 fully saturated rings. The van der Waals surface area contributed by atoms with E-state index in [-0.39, 0.29) is 0 Å². The van der Waals surface area contributed by atoms with E-state index in [1.54, 1.807) is 0 Å². The highest BCUT2D eigenvalue weighted by atomic mass is 127. The van der Waals surface area contributed by atoms with Crippen LogP contribution in [-0.4, -0.2) is 9.55 Å². The first-order chi connectivity index (χ1) is 6.11. The van der Waals surface area contributed by atoms with Crippen LogP contribution in [0.25, 0.3) is 11.0 Å². The summed E-state index contributed by atoms with van der Waals surface area (Å²) in [6.45, 7) is 4.15. The third-order valence-corrected chi connectivity index (χ3v) is 3.77. The highest BCUT2D eigenvalue weighted by molar-refractivity contribution is 14.1. The zero-order valence-electron chi connectivity index (χ0n) is 7.93. The Morgan fingerprint density at radius 2 is 2.00 bits per heavy atom. The standard InChI is InChI=1S/C10H11IN2/c1-6-4-5-8-10(9(6)11)12-7(2)13(8)3/h4-5H,1-3H3. The third-order valence-electron chi connectivity index (χ3n) is 2.41. The van der Waals surface area contributed by atoms with Crippen molar-refractivity contribution in [2.45, 2.75) is 13.8 Å². The van der Waals surface area contributed by atoms with Crippen LogP contribution in [0, 0.1) is 17.4 Å². The molecule has 0 radical (unpaired) electrons. The van der Waals surface area contributed by atoms with Crippen molar-refractivity contribution in [1.82, 2.24) is 9.55 Å². The Morgan fingerprint density at radius 3 is 2.69 bits per heavy atom. The molecule has 0 N–H and O–H groups in total. The highest BCUT2D eigenvalue weighted by Crippen LogP contribution is 2.23. The molecule has 0 unspecified atom stereocenters. The average Bonchev–Trinajstić information content (AvgIpc) is 2.38. The number of hydrogen-bond donors (Lipinski definition) is 0. The minimum absolute atomic E-state index is 1.07. The second-order valence-corrected chi connectivity index (χ2v) is 4.36. The number of imidazole rings is 1. The predicted octanol–water partition coefficient (Wildman–Crippen LogP) is 2.79. The summed E-state index contributed by atoms with van der Waals surface area (Å²) < 4.78 is 3.38. The molecular formula is C10H11IN2. The van der Waals surface area contributed by atoms with Gasteiger partial charge < -0.3 is 4.57 Å². The molecule has 0 saturated heterocycles. The predicted molar refractivity (Wildman–Crippen MR) is 62.9 cm³/mol. The van der Waals surface area contributed by atoms with E-state index >= 15 is 0 Å². The van der Waals surface area contributed by atoms with Crippen molar-refractivity contribution in [1.29, 1.82) is 0 Å². The minimum Gasteiger partial charge on any atom is -0.331 e. The van der Waals surface area contributed by atoms with Crippen molar-refractivity contribution in [2.75, 3.05) is 0 Å². The fourth-order valence-electron chi connectivity index (χ4n) is 1.44. The summed E-state index contributed by atoms with van der Waals surface area (Å²) in [6.07, 6.45) is 0. The van der Waals surface area contributed by atoms with Gasteiger partial charge in [-0.2, -0.15) is 0 Å². The van der Waals surface area contributed by atoms with E-state index in [9.17, 15) is 0 Å². The van der Waals surface area contributed by atoms with Gasteiger partial charge in [0.1, 0.15) is 11.3 Å². The van der Waals surface area contributed by atoms with Gasteiger partial charge in [-0.05, 0) is 48.1 Å². The maximum absolute atomic E-state index is 4.53. The second kappa shape index (κ2) is 2.97. The fraction of sp³-hybridized carbons (Fsp3) is 0.300. The third kappa shape index (κ3) is 1.25. The zero-order valence-corrected chi connectivity index (χ0v) is 10.1. The number of aromatic nitrogens is 2. The van der Waals surface area contributed by atoms with E-state index in [0.717, 1.165) is 11.3 Å².